The molecule has 1 aliphatic rings. The number of anilines is 1. The standard InChI is InChI=1S/C20H25ClN4O/c1-15-22-17(16-7-5-4-6-8-16)13-18(23-15)24-9-11-25(12-10-24)19(26)20(2,3)14-21/h4-8,13H,9-12,14H2,1-3H3. The van der Waals surface area contributed by atoms with E-state index < -0.39 is 5.41 Å². The molecule has 26 heavy (non-hydrogen) atoms. The molecule has 0 N–H and O–H groups in total. The third kappa shape index (κ3) is 3.98. The van der Waals surface area contributed by atoms with Gasteiger partial charge in [-0.25, -0.2) is 9.97 Å². The summed E-state index contributed by atoms with van der Waals surface area (Å²) in [5.74, 6) is 2.12. The van der Waals surface area contributed by atoms with E-state index in [0.717, 1.165) is 36.0 Å². The van der Waals surface area contributed by atoms with Crippen molar-refractivity contribution >= 4 is 23.3 Å². The number of alkyl halides is 1. The van der Waals surface area contributed by atoms with Gasteiger partial charge in [-0.2, -0.15) is 0 Å². The summed E-state index contributed by atoms with van der Waals surface area (Å²) in [5.41, 5.74) is 1.49. The molecular weight excluding hydrogens is 348 g/mol. The molecule has 1 aromatic heterocycles. The number of aryl methyl sites for hydroxylation is 1. The normalized spacial score (nSPS) is 15.2. The molecule has 0 spiro atoms. The van der Waals surface area contributed by atoms with Gasteiger partial charge in [-0.05, 0) is 20.8 Å². The van der Waals surface area contributed by atoms with Gasteiger partial charge < -0.3 is 9.80 Å². The minimum Gasteiger partial charge on any atom is -0.353 e. The number of carbonyl (C=O) groups is 1. The van der Waals surface area contributed by atoms with Crippen molar-refractivity contribution in [1.29, 1.82) is 0 Å². The molecule has 0 aliphatic carbocycles. The molecule has 0 unspecified atom stereocenters. The van der Waals surface area contributed by atoms with Crippen LogP contribution in [0.1, 0.15) is 19.7 Å². The lowest BCUT2D eigenvalue weighted by atomic mass is 9.94. The fraction of sp³-hybridized carbons (Fsp3) is 0.450. The number of halogens is 1. The van der Waals surface area contributed by atoms with Gasteiger partial charge >= 0.3 is 0 Å². The average Bonchev–Trinajstić information content (AvgIpc) is 2.67. The molecule has 5 nitrogen and oxygen atoms in total. The molecule has 0 bridgehead atoms. The molecule has 1 fully saturated rings. The Morgan fingerprint density at radius 3 is 2.38 bits per heavy atom. The van der Waals surface area contributed by atoms with Crippen LogP contribution in [-0.2, 0) is 4.79 Å². The summed E-state index contributed by atoms with van der Waals surface area (Å²) in [7, 11) is 0. The van der Waals surface area contributed by atoms with E-state index in [2.05, 4.69) is 27.0 Å². The molecule has 0 atom stereocenters. The van der Waals surface area contributed by atoms with Crippen LogP contribution >= 0.6 is 11.6 Å². The van der Waals surface area contributed by atoms with Gasteiger partial charge in [0.05, 0.1) is 11.1 Å². The van der Waals surface area contributed by atoms with E-state index in [0.29, 0.717) is 19.0 Å². The largest absolute Gasteiger partial charge is 0.353 e. The van der Waals surface area contributed by atoms with Crippen LogP contribution in [0.4, 0.5) is 5.82 Å². The number of piperazine rings is 1. The van der Waals surface area contributed by atoms with Crippen molar-refractivity contribution in [2.75, 3.05) is 37.0 Å². The molecule has 2 heterocycles. The van der Waals surface area contributed by atoms with Crippen LogP contribution in [0.15, 0.2) is 36.4 Å². The van der Waals surface area contributed by atoms with Crippen molar-refractivity contribution < 1.29 is 4.79 Å². The van der Waals surface area contributed by atoms with E-state index in [9.17, 15) is 4.79 Å². The first-order chi connectivity index (χ1) is 12.4. The van der Waals surface area contributed by atoms with Gasteiger partial charge in [0.15, 0.2) is 0 Å². The number of nitrogens with zero attached hydrogens (tertiary/aromatic N) is 4. The minimum atomic E-state index is -0.518. The quantitative estimate of drug-likeness (QED) is 0.772. The molecular formula is C20H25ClN4O. The molecule has 2 aromatic rings. The zero-order chi connectivity index (χ0) is 18.7. The summed E-state index contributed by atoms with van der Waals surface area (Å²) in [6, 6.07) is 12.2. The maximum Gasteiger partial charge on any atom is 0.229 e. The molecule has 3 rings (SSSR count). The van der Waals surface area contributed by atoms with E-state index >= 15 is 0 Å². The Morgan fingerprint density at radius 1 is 1.12 bits per heavy atom. The smallest absolute Gasteiger partial charge is 0.229 e. The number of benzene rings is 1. The van der Waals surface area contributed by atoms with Gasteiger partial charge in [0.2, 0.25) is 5.91 Å². The van der Waals surface area contributed by atoms with E-state index in [-0.39, 0.29) is 5.91 Å². The van der Waals surface area contributed by atoms with Crippen LogP contribution in [0, 0.1) is 12.3 Å². The van der Waals surface area contributed by atoms with Gasteiger partial charge in [-0.3, -0.25) is 4.79 Å². The predicted molar refractivity (Wildman–Crippen MR) is 105 cm³/mol. The molecule has 1 aliphatic heterocycles. The summed E-state index contributed by atoms with van der Waals surface area (Å²) >= 11 is 5.95. The van der Waals surface area contributed by atoms with Crippen LogP contribution in [0.5, 0.6) is 0 Å². The average molecular weight is 373 g/mol. The first-order valence-corrected chi connectivity index (χ1v) is 9.45. The highest BCUT2D eigenvalue weighted by Gasteiger charge is 2.33. The maximum atomic E-state index is 12.6. The zero-order valence-electron chi connectivity index (χ0n) is 15.6. The fourth-order valence-electron chi connectivity index (χ4n) is 3.09. The van der Waals surface area contributed by atoms with Gasteiger partial charge in [0.25, 0.3) is 0 Å². The maximum absolute atomic E-state index is 12.6. The summed E-state index contributed by atoms with van der Waals surface area (Å²) in [4.78, 5) is 25.9. The Hall–Kier alpha value is -2.14. The number of hydrogen-bond donors (Lipinski definition) is 0. The molecule has 1 saturated heterocycles. The van der Waals surface area contributed by atoms with Crippen molar-refractivity contribution in [1.82, 2.24) is 14.9 Å². The number of carbonyl (C=O) groups excluding carboxylic acids is 1. The van der Waals surface area contributed by atoms with Gasteiger partial charge in [0, 0.05) is 43.7 Å². The number of rotatable bonds is 4. The van der Waals surface area contributed by atoms with Crippen LogP contribution in [-0.4, -0.2) is 52.8 Å². The predicted octanol–water partition coefficient (Wildman–Crippen LogP) is 3.37. The van der Waals surface area contributed by atoms with Crippen molar-refractivity contribution in [3.8, 4) is 11.3 Å². The molecule has 6 heteroatoms. The van der Waals surface area contributed by atoms with Crippen LogP contribution < -0.4 is 4.90 Å². The minimum absolute atomic E-state index is 0.121. The monoisotopic (exact) mass is 372 g/mol. The Kier molecular flexibility index (Phi) is 5.47. The fourth-order valence-corrected chi connectivity index (χ4v) is 3.21. The summed E-state index contributed by atoms with van der Waals surface area (Å²) in [6.07, 6.45) is 0. The summed E-state index contributed by atoms with van der Waals surface area (Å²) < 4.78 is 0. The molecule has 0 saturated carbocycles. The van der Waals surface area contributed by atoms with Gasteiger partial charge in [0.1, 0.15) is 11.6 Å². The Labute approximate surface area is 160 Å². The van der Waals surface area contributed by atoms with Crippen molar-refractivity contribution in [2.24, 2.45) is 5.41 Å². The second kappa shape index (κ2) is 7.62. The highest BCUT2D eigenvalue weighted by molar-refractivity contribution is 6.19. The summed E-state index contributed by atoms with van der Waals surface area (Å²) in [6.45, 7) is 8.59. The molecule has 0 radical (unpaired) electrons. The van der Waals surface area contributed by atoms with Crippen molar-refractivity contribution in [3.05, 3.63) is 42.2 Å². The highest BCUT2D eigenvalue weighted by atomic mass is 35.5. The van der Waals surface area contributed by atoms with E-state index in [1.807, 2.05) is 49.9 Å². The topological polar surface area (TPSA) is 49.3 Å². The Morgan fingerprint density at radius 2 is 1.77 bits per heavy atom. The number of hydrogen-bond acceptors (Lipinski definition) is 4. The third-order valence-electron chi connectivity index (χ3n) is 4.70. The van der Waals surface area contributed by atoms with Crippen LogP contribution in [0.3, 0.4) is 0 Å². The van der Waals surface area contributed by atoms with Gasteiger partial charge in [-0.1, -0.05) is 30.3 Å². The zero-order valence-corrected chi connectivity index (χ0v) is 16.3. The Balaban J connectivity index is 1.74. The lowest BCUT2D eigenvalue weighted by molar-refractivity contribution is -0.139. The van der Waals surface area contributed by atoms with Crippen LogP contribution in [0.2, 0.25) is 0 Å². The second-order valence-electron chi connectivity index (χ2n) is 7.32. The first-order valence-electron chi connectivity index (χ1n) is 8.92. The second-order valence-corrected chi connectivity index (χ2v) is 7.59. The lowest BCUT2D eigenvalue weighted by Gasteiger charge is -2.38. The molecule has 1 aromatic carbocycles. The van der Waals surface area contributed by atoms with Crippen molar-refractivity contribution in [2.45, 2.75) is 20.8 Å². The molecule has 1 amide bonds. The van der Waals surface area contributed by atoms with Crippen molar-refractivity contribution in [3.63, 3.8) is 0 Å². The van der Waals surface area contributed by atoms with E-state index in [4.69, 9.17) is 11.6 Å². The number of amides is 1. The van der Waals surface area contributed by atoms with E-state index in [1.54, 1.807) is 0 Å². The van der Waals surface area contributed by atoms with Gasteiger partial charge in [-0.15, -0.1) is 11.6 Å². The first kappa shape index (κ1) is 18.6. The van der Waals surface area contributed by atoms with Crippen LogP contribution in [0.25, 0.3) is 11.3 Å². The molecule has 138 valence electrons. The third-order valence-corrected chi connectivity index (χ3v) is 5.37. The number of aromatic nitrogens is 2. The summed E-state index contributed by atoms with van der Waals surface area (Å²) in [5, 5.41) is 0. The lowest BCUT2D eigenvalue weighted by Crippen LogP contribution is -2.52. The SMILES string of the molecule is Cc1nc(-c2ccccc2)cc(N2CCN(C(=O)C(C)(C)CCl)CC2)n1. The Bertz CT molecular complexity index is 771. The van der Waals surface area contributed by atoms with E-state index in [1.165, 1.54) is 0 Å². The highest BCUT2D eigenvalue weighted by Crippen LogP contribution is 2.25.